The highest BCUT2D eigenvalue weighted by Crippen LogP contribution is 2.35. The van der Waals surface area contributed by atoms with E-state index in [0.717, 1.165) is 22.0 Å². The van der Waals surface area contributed by atoms with Gasteiger partial charge in [0.05, 0.1) is 20.6 Å². The SMILES string of the molecule is [2H]c1c([2H])c([2H])c2c([2H])c(C(=O)c3cccc4c5ccccc5n(-c5ccccc5)c34)c([2H])c([2H])c2c1[2H]. The molecule has 0 amide bonds. The van der Waals surface area contributed by atoms with Gasteiger partial charge in [-0.1, -0.05) is 84.8 Å². The minimum absolute atomic E-state index is 0.226. The number of carbonyl (C=O) groups is 1. The van der Waals surface area contributed by atoms with Crippen molar-refractivity contribution in [2.75, 3.05) is 0 Å². The van der Waals surface area contributed by atoms with Gasteiger partial charge in [-0.15, -0.1) is 0 Å². The summed E-state index contributed by atoms with van der Waals surface area (Å²) >= 11 is 0. The van der Waals surface area contributed by atoms with Crippen LogP contribution in [0.2, 0.25) is 0 Å². The highest BCUT2D eigenvalue weighted by atomic mass is 16.1. The summed E-state index contributed by atoms with van der Waals surface area (Å²) in [6.45, 7) is 0. The van der Waals surface area contributed by atoms with Crippen molar-refractivity contribution < 1.29 is 14.4 Å². The van der Waals surface area contributed by atoms with Gasteiger partial charge in [0.15, 0.2) is 5.78 Å². The van der Waals surface area contributed by atoms with E-state index >= 15 is 0 Å². The van der Waals surface area contributed by atoms with Crippen LogP contribution in [0.5, 0.6) is 0 Å². The summed E-state index contributed by atoms with van der Waals surface area (Å²) in [5.41, 5.74) is 2.14. The fraction of sp³-hybridized carbons (Fsp3) is 0. The molecule has 2 nitrogen and oxygen atoms in total. The predicted molar refractivity (Wildman–Crippen MR) is 128 cm³/mol. The lowest BCUT2D eigenvalue weighted by molar-refractivity contribution is 0.104. The number of carbonyl (C=O) groups excluding carboxylic acids is 1. The van der Waals surface area contributed by atoms with E-state index in [2.05, 4.69) is 0 Å². The minimum Gasteiger partial charge on any atom is -0.308 e. The van der Waals surface area contributed by atoms with Crippen LogP contribution in [-0.2, 0) is 0 Å². The maximum Gasteiger partial charge on any atom is 0.195 e. The van der Waals surface area contributed by atoms with E-state index in [9.17, 15) is 4.79 Å². The van der Waals surface area contributed by atoms with E-state index in [0.29, 0.717) is 5.52 Å². The minimum atomic E-state index is -0.659. The van der Waals surface area contributed by atoms with Gasteiger partial charge in [-0.2, -0.15) is 0 Å². The molecule has 5 aromatic carbocycles. The van der Waals surface area contributed by atoms with Crippen LogP contribution in [0, 0.1) is 0 Å². The van der Waals surface area contributed by atoms with E-state index in [1.807, 2.05) is 65.2 Å². The Morgan fingerprint density at radius 3 is 2.32 bits per heavy atom. The number of hydrogen-bond donors (Lipinski definition) is 0. The molecule has 2 heteroatoms. The zero-order valence-corrected chi connectivity index (χ0v) is 16.3. The molecule has 0 radical (unpaired) electrons. The van der Waals surface area contributed by atoms with Crippen molar-refractivity contribution in [2.24, 2.45) is 0 Å². The molecule has 0 N–H and O–H groups in total. The van der Waals surface area contributed by atoms with Crippen molar-refractivity contribution in [1.82, 2.24) is 4.57 Å². The van der Waals surface area contributed by atoms with Gasteiger partial charge >= 0.3 is 0 Å². The largest absolute Gasteiger partial charge is 0.308 e. The molecule has 0 aliphatic carbocycles. The Hall–Kier alpha value is -4.17. The third kappa shape index (κ3) is 2.77. The van der Waals surface area contributed by atoms with Gasteiger partial charge < -0.3 is 4.57 Å². The highest BCUT2D eigenvalue weighted by molar-refractivity contribution is 6.21. The van der Waals surface area contributed by atoms with Crippen LogP contribution in [-0.4, -0.2) is 10.4 Å². The fourth-order valence-electron chi connectivity index (χ4n) is 4.08. The van der Waals surface area contributed by atoms with Crippen molar-refractivity contribution >= 4 is 38.4 Å². The second-order valence-corrected chi connectivity index (χ2v) is 7.22. The Kier molecular flexibility index (Phi) is 2.67. The van der Waals surface area contributed by atoms with Crippen LogP contribution in [0.3, 0.4) is 0 Å². The van der Waals surface area contributed by atoms with Gasteiger partial charge in [-0.25, -0.2) is 0 Å². The van der Waals surface area contributed by atoms with Crippen LogP contribution in [0.15, 0.2) is 115 Å². The molecule has 0 spiro atoms. The number of fused-ring (bicyclic) bond motifs is 4. The summed E-state index contributed by atoms with van der Waals surface area (Å²) in [5.74, 6) is -0.659. The molecule has 0 atom stereocenters. The lowest BCUT2D eigenvalue weighted by Crippen LogP contribution is -2.05. The maximum atomic E-state index is 14.2. The Labute approximate surface area is 189 Å². The second kappa shape index (κ2) is 6.96. The van der Waals surface area contributed by atoms with E-state index < -0.39 is 48.1 Å². The molecule has 6 rings (SSSR count). The van der Waals surface area contributed by atoms with Crippen LogP contribution >= 0.6 is 0 Å². The van der Waals surface area contributed by atoms with Crippen LogP contribution in [0.25, 0.3) is 38.3 Å². The maximum absolute atomic E-state index is 14.2. The van der Waals surface area contributed by atoms with Gasteiger partial charge in [0.25, 0.3) is 0 Å². The summed E-state index contributed by atoms with van der Waals surface area (Å²) < 4.78 is 60.5. The van der Waals surface area contributed by atoms with E-state index in [1.165, 1.54) is 0 Å². The predicted octanol–water partition coefficient (Wildman–Crippen LogP) is 7.17. The summed E-state index contributed by atoms with van der Waals surface area (Å²) in [4.78, 5) is 14.2. The second-order valence-electron chi connectivity index (χ2n) is 7.22. The molecule has 31 heavy (non-hydrogen) atoms. The van der Waals surface area contributed by atoms with Gasteiger partial charge in [0, 0.05) is 27.6 Å². The highest BCUT2D eigenvalue weighted by Gasteiger charge is 2.20. The zero-order valence-electron chi connectivity index (χ0n) is 23.3. The number of hydrogen-bond acceptors (Lipinski definition) is 1. The first-order chi connectivity index (χ1) is 18.2. The van der Waals surface area contributed by atoms with Gasteiger partial charge in [-0.05, 0) is 41.1 Å². The molecule has 0 unspecified atom stereocenters. The monoisotopic (exact) mass is 404 g/mol. The van der Waals surface area contributed by atoms with Crippen LogP contribution in [0.4, 0.5) is 0 Å². The first-order valence-electron chi connectivity index (χ1n) is 13.4. The molecule has 0 saturated carbocycles. The first kappa shape index (κ1) is 11.9. The average molecular weight is 405 g/mol. The summed E-state index contributed by atoms with van der Waals surface area (Å²) in [5, 5.41) is 1.25. The van der Waals surface area contributed by atoms with Crippen molar-refractivity contribution in [1.29, 1.82) is 0 Å². The summed E-state index contributed by atoms with van der Waals surface area (Å²) in [6.07, 6.45) is 0. The quantitative estimate of drug-likeness (QED) is 0.287. The molecule has 0 saturated heterocycles. The summed E-state index contributed by atoms with van der Waals surface area (Å²) in [7, 11) is 0. The van der Waals surface area contributed by atoms with Crippen molar-refractivity contribution in [2.45, 2.75) is 0 Å². The lowest BCUT2D eigenvalue weighted by Gasteiger charge is -2.11. The number of ketones is 1. The normalized spacial score (nSPS) is 14.5. The van der Waals surface area contributed by atoms with E-state index in [4.69, 9.17) is 9.60 Å². The molecule has 0 aliphatic rings. The molecule has 1 heterocycles. The first-order valence-corrected chi connectivity index (χ1v) is 9.86. The Morgan fingerprint density at radius 2 is 1.45 bits per heavy atom. The molecule has 1 aromatic heterocycles. The van der Waals surface area contributed by atoms with Crippen molar-refractivity contribution in [3.63, 3.8) is 0 Å². The standard InChI is InChI=1S/C29H19NO/c31-29(22-18-17-20-9-4-5-10-21(20)19-22)26-15-8-14-25-24-13-6-7-16-27(24)30(28(25)26)23-11-2-1-3-12-23/h1-19H/i4D,5D,9D,10D,17D,18D,19D. The van der Waals surface area contributed by atoms with E-state index in [-0.39, 0.29) is 21.9 Å². The number of para-hydroxylation sites is 3. The van der Waals surface area contributed by atoms with Crippen molar-refractivity contribution in [3.05, 3.63) is 126 Å². The summed E-state index contributed by atoms with van der Waals surface area (Å²) in [6, 6.07) is 18.9. The van der Waals surface area contributed by atoms with Gasteiger partial charge in [-0.3, -0.25) is 4.79 Å². The Morgan fingerprint density at radius 1 is 0.710 bits per heavy atom. The molecular weight excluding hydrogens is 378 g/mol. The molecule has 0 aliphatic heterocycles. The number of nitrogens with zero attached hydrogens (tertiary/aromatic N) is 1. The van der Waals surface area contributed by atoms with Crippen molar-refractivity contribution in [3.8, 4) is 5.69 Å². The van der Waals surface area contributed by atoms with Gasteiger partial charge in [0.2, 0.25) is 0 Å². The number of rotatable bonds is 3. The topological polar surface area (TPSA) is 22.0 Å². The van der Waals surface area contributed by atoms with Crippen LogP contribution in [0.1, 0.15) is 25.5 Å². The molecule has 6 aromatic rings. The Bertz CT molecular complexity index is 1960. The van der Waals surface area contributed by atoms with Gasteiger partial charge in [0.1, 0.15) is 0 Å². The van der Waals surface area contributed by atoms with Crippen LogP contribution < -0.4 is 0 Å². The Balaban J connectivity index is 1.73. The fourth-order valence-corrected chi connectivity index (χ4v) is 4.08. The number of aromatic nitrogens is 1. The van der Waals surface area contributed by atoms with E-state index in [1.54, 1.807) is 12.1 Å². The third-order valence-electron chi connectivity index (χ3n) is 5.43. The lowest BCUT2D eigenvalue weighted by atomic mass is 9.98. The zero-order chi connectivity index (χ0) is 26.9. The molecule has 146 valence electrons. The molecule has 0 fully saturated rings. The smallest absolute Gasteiger partial charge is 0.195 e. The third-order valence-corrected chi connectivity index (χ3v) is 5.43. The number of benzene rings is 5. The average Bonchev–Trinajstić information content (AvgIpc) is 3.27. The molecular formula is C29H19NO. The molecule has 0 bridgehead atoms.